The van der Waals surface area contributed by atoms with E-state index in [2.05, 4.69) is 38.1 Å². The minimum Gasteiger partial charge on any atom is -0.368 e. The Hall–Kier alpha value is -0.990. The van der Waals surface area contributed by atoms with Crippen molar-refractivity contribution in [2.45, 2.75) is 39.8 Å². The molecular weight excluding hydrogens is 150 g/mol. The highest BCUT2D eigenvalue weighted by Gasteiger charge is 2.05. The summed E-state index contributed by atoms with van der Waals surface area (Å²) in [5, 5.41) is 7.56. The zero-order valence-corrected chi connectivity index (χ0v) is 8.20. The monoisotopic (exact) mass is 167 g/mol. The van der Waals surface area contributed by atoms with Gasteiger partial charge in [-0.2, -0.15) is 5.10 Å². The van der Waals surface area contributed by atoms with Gasteiger partial charge in [-0.3, -0.25) is 0 Å². The molecule has 0 aliphatic heterocycles. The Kier molecular flexibility index (Phi) is 2.74. The second kappa shape index (κ2) is 3.61. The molecule has 0 aliphatic carbocycles. The quantitative estimate of drug-likeness (QED) is 0.748. The molecule has 0 spiro atoms. The molecule has 0 saturated heterocycles. The summed E-state index contributed by atoms with van der Waals surface area (Å²) >= 11 is 0. The molecule has 0 atom stereocenters. The molecule has 0 amide bonds. The van der Waals surface area contributed by atoms with Crippen LogP contribution in [0.25, 0.3) is 0 Å². The average molecular weight is 167 g/mol. The van der Waals surface area contributed by atoms with Crippen LogP contribution in [0.4, 0.5) is 5.82 Å². The third kappa shape index (κ3) is 2.00. The molecule has 68 valence electrons. The van der Waals surface area contributed by atoms with E-state index in [1.54, 1.807) is 0 Å². The van der Waals surface area contributed by atoms with E-state index < -0.39 is 0 Å². The summed E-state index contributed by atoms with van der Waals surface area (Å²) in [4.78, 5) is 0. The predicted octanol–water partition coefficient (Wildman–Crippen LogP) is 2.28. The molecule has 0 unspecified atom stereocenters. The van der Waals surface area contributed by atoms with E-state index in [0.717, 1.165) is 5.82 Å². The Morgan fingerprint density at radius 2 is 2.00 bits per heavy atom. The van der Waals surface area contributed by atoms with Gasteiger partial charge in [0.25, 0.3) is 0 Å². The standard InChI is InChI=1S/C9H17N3/c1-7(2)11-9-5-6-10-12(9)8(3)4/h5-8,11H,1-4H3. The highest BCUT2D eigenvalue weighted by atomic mass is 15.3. The number of nitrogens with zero attached hydrogens (tertiary/aromatic N) is 2. The van der Waals surface area contributed by atoms with E-state index >= 15 is 0 Å². The zero-order valence-electron chi connectivity index (χ0n) is 8.20. The number of hydrogen-bond donors (Lipinski definition) is 1. The van der Waals surface area contributed by atoms with Crippen molar-refractivity contribution in [3.05, 3.63) is 12.3 Å². The fourth-order valence-electron chi connectivity index (χ4n) is 1.14. The van der Waals surface area contributed by atoms with Crippen LogP contribution in [-0.4, -0.2) is 15.8 Å². The fraction of sp³-hybridized carbons (Fsp3) is 0.667. The molecule has 1 heterocycles. The Morgan fingerprint density at radius 3 is 2.50 bits per heavy atom. The number of hydrogen-bond acceptors (Lipinski definition) is 2. The first kappa shape index (κ1) is 9.10. The first-order valence-corrected chi connectivity index (χ1v) is 4.41. The van der Waals surface area contributed by atoms with Gasteiger partial charge in [-0.1, -0.05) is 0 Å². The van der Waals surface area contributed by atoms with Crippen LogP contribution < -0.4 is 5.32 Å². The predicted molar refractivity (Wildman–Crippen MR) is 51.4 cm³/mol. The summed E-state index contributed by atoms with van der Waals surface area (Å²) < 4.78 is 1.99. The topological polar surface area (TPSA) is 29.9 Å². The highest BCUT2D eigenvalue weighted by Crippen LogP contribution is 2.13. The molecule has 3 nitrogen and oxygen atoms in total. The van der Waals surface area contributed by atoms with Crippen LogP contribution in [0.2, 0.25) is 0 Å². The van der Waals surface area contributed by atoms with Crippen LogP contribution in [-0.2, 0) is 0 Å². The molecule has 0 radical (unpaired) electrons. The Morgan fingerprint density at radius 1 is 1.33 bits per heavy atom. The molecule has 1 aromatic rings. The first-order chi connectivity index (χ1) is 5.61. The molecule has 3 heteroatoms. The maximum absolute atomic E-state index is 4.22. The molecule has 0 aliphatic rings. The van der Waals surface area contributed by atoms with Gasteiger partial charge in [0.1, 0.15) is 5.82 Å². The maximum Gasteiger partial charge on any atom is 0.124 e. The van der Waals surface area contributed by atoms with Crippen molar-refractivity contribution in [2.75, 3.05) is 5.32 Å². The molecule has 1 aromatic heterocycles. The van der Waals surface area contributed by atoms with Gasteiger partial charge < -0.3 is 5.32 Å². The van der Waals surface area contributed by atoms with Crippen molar-refractivity contribution in [3.8, 4) is 0 Å². The van der Waals surface area contributed by atoms with Gasteiger partial charge in [0.2, 0.25) is 0 Å². The molecular formula is C9H17N3. The largest absolute Gasteiger partial charge is 0.368 e. The number of rotatable bonds is 3. The van der Waals surface area contributed by atoms with Crippen molar-refractivity contribution in [1.82, 2.24) is 9.78 Å². The van der Waals surface area contributed by atoms with Crippen LogP contribution in [0.15, 0.2) is 12.3 Å². The van der Waals surface area contributed by atoms with E-state index in [-0.39, 0.29) is 0 Å². The summed E-state index contributed by atoms with van der Waals surface area (Å²) in [5.41, 5.74) is 0. The Labute approximate surface area is 73.8 Å². The van der Waals surface area contributed by atoms with Crippen molar-refractivity contribution in [3.63, 3.8) is 0 Å². The second-order valence-corrected chi connectivity index (χ2v) is 3.55. The fourth-order valence-corrected chi connectivity index (χ4v) is 1.14. The number of nitrogens with one attached hydrogen (secondary N) is 1. The van der Waals surface area contributed by atoms with Crippen LogP contribution >= 0.6 is 0 Å². The molecule has 0 saturated carbocycles. The molecule has 0 bridgehead atoms. The highest BCUT2D eigenvalue weighted by molar-refractivity contribution is 5.35. The second-order valence-electron chi connectivity index (χ2n) is 3.55. The van der Waals surface area contributed by atoms with Gasteiger partial charge in [-0.25, -0.2) is 4.68 Å². The zero-order chi connectivity index (χ0) is 9.14. The van der Waals surface area contributed by atoms with Gasteiger partial charge >= 0.3 is 0 Å². The third-order valence-corrected chi connectivity index (χ3v) is 1.60. The summed E-state index contributed by atoms with van der Waals surface area (Å²) in [5.74, 6) is 1.10. The minimum absolute atomic E-state index is 0.418. The van der Waals surface area contributed by atoms with E-state index in [1.165, 1.54) is 0 Å². The van der Waals surface area contributed by atoms with Crippen molar-refractivity contribution in [1.29, 1.82) is 0 Å². The summed E-state index contributed by atoms with van der Waals surface area (Å²) in [7, 11) is 0. The lowest BCUT2D eigenvalue weighted by atomic mass is 10.3. The van der Waals surface area contributed by atoms with E-state index in [4.69, 9.17) is 0 Å². The number of aromatic nitrogens is 2. The lowest BCUT2D eigenvalue weighted by Crippen LogP contribution is -2.15. The van der Waals surface area contributed by atoms with E-state index in [1.807, 2.05) is 16.9 Å². The number of anilines is 1. The summed E-state index contributed by atoms with van der Waals surface area (Å²) in [6.07, 6.45) is 1.82. The Balaban J connectivity index is 2.77. The SMILES string of the molecule is CC(C)Nc1ccnn1C(C)C. The third-order valence-electron chi connectivity index (χ3n) is 1.60. The van der Waals surface area contributed by atoms with Gasteiger partial charge in [0.05, 0.1) is 6.20 Å². The average Bonchev–Trinajstić information content (AvgIpc) is 2.33. The smallest absolute Gasteiger partial charge is 0.124 e. The molecule has 1 N–H and O–H groups in total. The van der Waals surface area contributed by atoms with Crippen LogP contribution in [0.3, 0.4) is 0 Å². The summed E-state index contributed by atoms with van der Waals surface area (Å²) in [6.45, 7) is 8.49. The minimum atomic E-state index is 0.418. The van der Waals surface area contributed by atoms with Crippen LogP contribution in [0.1, 0.15) is 33.7 Å². The lowest BCUT2D eigenvalue weighted by molar-refractivity contribution is 0.535. The lowest BCUT2D eigenvalue weighted by Gasteiger charge is -2.14. The summed E-state index contributed by atoms with van der Waals surface area (Å²) in [6, 6.07) is 2.88. The van der Waals surface area contributed by atoms with Gasteiger partial charge in [0.15, 0.2) is 0 Å². The normalized spacial score (nSPS) is 11.2. The van der Waals surface area contributed by atoms with Crippen LogP contribution in [0, 0.1) is 0 Å². The van der Waals surface area contributed by atoms with Crippen molar-refractivity contribution < 1.29 is 0 Å². The molecule has 0 fully saturated rings. The molecule has 0 aromatic carbocycles. The van der Waals surface area contributed by atoms with Gasteiger partial charge in [-0.15, -0.1) is 0 Å². The molecule has 12 heavy (non-hydrogen) atoms. The first-order valence-electron chi connectivity index (χ1n) is 4.41. The van der Waals surface area contributed by atoms with E-state index in [9.17, 15) is 0 Å². The van der Waals surface area contributed by atoms with Crippen molar-refractivity contribution >= 4 is 5.82 Å². The molecule has 1 rings (SSSR count). The van der Waals surface area contributed by atoms with Crippen LogP contribution in [0.5, 0.6) is 0 Å². The van der Waals surface area contributed by atoms with E-state index in [0.29, 0.717) is 12.1 Å². The van der Waals surface area contributed by atoms with Gasteiger partial charge in [0, 0.05) is 18.2 Å². The Bertz CT molecular complexity index is 238. The van der Waals surface area contributed by atoms with Crippen molar-refractivity contribution in [2.24, 2.45) is 0 Å². The van der Waals surface area contributed by atoms with Gasteiger partial charge in [-0.05, 0) is 27.7 Å². The maximum atomic E-state index is 4.22.